The molecule has 1 radical (unpaired) electrons. The summed E-state index contributed by atoms with van der Waals surface area (Å²) in [5.74, 6) is -0.979. The van der Waals surface area contributed by atoms with Crippen LogP contribution >= 0.6 is 0 Å². The van der Waals surface area contributed by atoms with E-state index in [4.69, 9.17) is 0 Å². The second kappa shape index (κ2) is 14.0. The largest absolute Gasteiger partial charge is 2.00 e. The van der Waals surface area contributed by atoms with E-state index >= 15 is 0 Å². The Balaban J connectivity index is 0.000000400. The Morgan fingerprint density at radius 3 is 2.00 bits per heavy atom. The molecule has 0 bridgehead atoms. The van der Waals surface area contributed by atoms with E-state index in [2.05, 4.69) is 31.0 Å². The van der Waals surface area contributed by atoms with Gasteiger partial charge in [-0.15, -0.1) is 0 Å². The third kappa shape index (κ3) is 8.61. The van der Waals surface area contributed by atoms with E-state index in [0.29, 0.717) is 16.7 Å². The van der Waals surface area contributed by atoms with Crippen molar-refractivity contribution in [1.82, 2.24) is 0 Å². The fourth-order valence-corrected chi connectivity index (χ4v) is 3.79. The molecule has 4 rings (SSSR count). The number of rotatable bonds is 3. The van der Waals surface area contributed by atoms with Crippen molar-refractivity contribution in [2.45, 2.75) is 52.4 Å². The average molecular weight is 577 g/mol. The van der Waals surface area contributed by atoms with E-state index < -0.39 is 5.90 Å². The van der Waals surface area contributed by atoms with E-state index in [0.717, 1.165) is 16.3 Å². The summed E-state index contributed by atoms with van der Waals surface area (Å²) in [6.45, 7) is 12.1. The molecule has 0 aliphatic rings. The minimum absolute atomic E-state index is 0. The van der Waals surface area contributed by atoms with Gasteiger partial charge in [0, 0.05) is 24.5 Å². The van der Waals surface area contributed by atoms with Crippen molar-refractivity contribution >= 4 is 22.9 Å². The second-order valence-electron chi connectivity index (χ2n) is 11.1. The van der Waals surface area contributed by atoms with Gasteiger partial charge in [0.05, 0.1) is 6.21 Å². The van der Waals surface area contributed by atoms with E-state index in [1.807, 2.05) is 57.2 Å². The molecule has 0 spiro atoms. The molecule has 0 atom stereocenters. The molecular weight excluding hydrogens is 543 g/mol. The second-order valence-corrected chi connectivity index (χ2v) is 11.1. The monoisotopic (exact) mass is 576 g/mol. The number of nitrogens with zero attached hydrogens (tertiary/aromatic N) is 2. The van der Waals surface area contributed by atoms with Gasteiger partial charge < -0.3 is 25.9 Å². The Morgan fingerprint density at radius 1 is 0.800 bits per heavy atom. The van der Waals surface area contributed by atoms with Gasteiger partial charge in [-0.25, -0.2) is 0 Å². The van der Waals surface area contributed by atoms with E-state index in [1.54, 1.807) is 36.4 Å². The molecule has 0 amide bonds. The first-order valence-corrected chi connectivity index (χ1v) is 12.4. The van der Waals surface area contributed by atoms with Crippen LogP contribution in [0.1, 0.15) is 63.8 Å². The number of fused-ring (bicyclic) bond motifs is 1. The molecule has 0 saturated heterocycles. The zero-order chi connectivity index (χ0) is 28.1. The molecule has 211 valence electrons. The number of phenolic OH excluding ortho intramolecular Hbond substituents is 1. The minimum atomic E-state index is -0.440. The summed E-state index contributed by atoms with van der Waals surface area (Å²) in [7, 11) is 0. The molecule has 0 aliphatic carbocycles. The van der Waals surface area contributed by atoms with Crippen LogP contribution in [0.4, 0.5) is 0 Å². The predicted octanol–water partition coefficient (Wildman–Crippen LogP) is 4.99. The van der Waals surface area contributed by atoms with Crippen molar-refractivity contribution in [1.29, 1.82) is 0 Å². The maximum atomic E-state index is 12.0. The maximum Gasteiger partial charge on any atom is 0.108 e. The Labute approximate surface area is 247 Å². The smallest absolute Gasteiger partial charge is 0.108 e. The molecular formula is C32H33N2O5V-5. The first-order chi connectivity index (χ1) is 17.8. The van der Waals surface area contributed by atoms with Crippen LogP contribution in [0.5, 0.6) is 17.2 Å². The molecule has 4 aromatic carbocycles. The number of phenols is 1. The molecule has 7 nitrogen and oxygen atoms in total. The molecule has 40 heavy (non-hydrogen) atoms. The standard InChI is InChI=1S/C18H14N2O2.C14H22O2.O.V/c21-17-11-10-13-6-4-5-9-15(13)16(17)12-19-20-18(22)14-7-2-1-3-8-14;1-13(2,3)9-7-10(14(4,5)6)12(16)11(15)8-9;;/h1-12,21H,(H,20,22);7-8,15-16H,1-6H3;;/q;;-2;/p-3/b19-12+;;;. The van der Waals surface area contributed by atoms with Crippen LogP contribution in [0.2, 0.25) is 0 Å². The molecule has 0 unspecified atom stereocenters. The van der Waals surface area contributed by atoms with Crippen molar-refractivity contribution in [3.8, 4) is 17.2 Å². The number of benzene rings is 4. The first-order valence-electron chi connectivity index (χ1n) is 12.4. The van der Waals surface area contributed by atoms with Gasteiger partial charge in [-0.3, -0.25) is 0 Å². The summed E-state index contributed by atoms with van der Waals surface area (Å²) in [4.78, 5) is 0. The minimum Gasteiger partial charge on any atom is -2.00 e. The summed E-state index contributed by atoms with van der Waals surface area (Å²) in [6.07, 6.45) is 1.34. The van der Waals surface area contributed by atoms with E-state index in [9.17, 15) is 20.4 Å². The summed E-state index contributed by atoms with van der Waals surface area (Å²) in [6, 6.07) is 22.9. The van der Waals surface area contributed by atoms with E-state index in [-0.39, 0.29) is 52.1 Å². The van der Waals surface area contributed by atoms with Gasteiger partial charge in [0.15, 0.2) is 0 Å². The van der Waals surface area contributed by atoms with Crippen molar-refractivity contribution in [2.24, 2.45) is 10.2 Å². The number of hydrogen-bond donors (Lipinski definition) is 1. The van der Waals surface area contributed by atoms with Crippen molar-refractivity contribution < 1.29 is 44.5 Å². The number of hydrogen-bond acceptors (Lipinski definition) is 6. The van der Waals surface area contributed by atoms with Gasteiger partial charge in [-0.2, -0.15) is 10.2 Å². The molecule has 4 aromatic rings. The third-order valence-electron chi connectivity index (χ3n) is 6.03. The van der Waals surface area contributed by atoms with Crippen molar-refractivity contribution in [2.75, 3.05) is 0 Å². The predicted molar refractivity (Wildman–Crippen MR) is 150 cm³/mol. The van der Waals surface area contributed by atoms with Gasteiger partial charge in [0.2, 0.25) is 0 Å². The van der Waals surface area contributed by atoms with Gasteiger partial charge in [-0.05, 0) is 49.9 Å². The first kappa shape index (κ1) is 34.3. The Hall–Kier alpha value is -3.78. The topological polar surface area (TPSA) is 143 Å². The Kier molecular flexibility index (Phi) is 12.0. The van der Waals surface area contributed by atoms with Gasteiger partial charge in [0.25, 0.3) is 0 Å². The van der Waals surface area contributed by atoms with Crippen molar-refractivity contribution in [3.05, 3.63) is 101 Å². The van der Waals surface area contributed by atoms with E-state index in [1.165, 1.54) is 12.3 Å². The quantitative estimate of drug-likeness (QED) is 0.208. The summed E-state index contributed by atoms with van der Waals surface area (Å²) in [5.41, 5.74) is 2.26. The average Bonchev–Trinajstić information content (AvgIpc) is 2.86. The van der Waals surface area contributed by atoms with Gasteiger partial charge >= 0.3 is 0 Å². The zero-order valence-corrected chi connectivity index (χ0v) is 24.9. The Morgan fingerprint density at radius 2 is 1.40 bits per heavy atom. The van der Waals surface area contributed by atoms with Crippen LogP contribution in [-0.2, 0) is 34.9 Å². The maximum absolute atomic E-state index is 12.0. The third-order valence-corrected chi connectivity index (χ3v) is 6.03. The zero-order valence-electron chi connectivity index (χ0n) is 23.5. The van der Waals surface area contributed by atoms with Crippen LogP contribution in [0.3, 0.4) is 0 Å². The SMILES string of the molecule is CC(C)(C)c1cc(O)c([O-])c(C(C)(C)C)c1.[O-2].[O-]/C(=N\N=C\c1c([O-])ccc2ccccc12)c1ccccc1.[V]. The van der Waals surface area contributed by atoms with Gasteiger partial charge in [0.1, 0.15) is 5.75 Å². The number of aromatic hydroxyl groups is 1. The Bertz CT molecular complexity index is 1470. The summed E-state index contributed by atoms with van der Waals surface area (Å²) < 4.78 is 0. The molecule has 0 aliphatic heterocycles. The fraction of sp³-hybridized carbons (Fsp3) is 0.250. The molecule has 0 fully saturated rings. The van der Waals surface area contributed by atoms with Crippen LogP contribution < -0.4 is 15.3 Å². The van der Waals surface area contributed by atoms with Crippen LogP contribution in [0, 0.1) is 0 Å². The molecule has 0 saturated carbocycles. The van der Waals surface area contributed by atoms with Crippen LogP contribution in [0.15, 0.2) is 89.1 Å². The van der Waals surface area contributed by atoms with Crippen molar-refractivity contribution in [3.63, 3.8) is 0 Å². The fourth-order valence-electron chi connectivity index (χ4n) is 3.79. The summed E-state index contributed by atoms with van der Waals surface area (Å²) in [5, 5.41) is 54.5. The summed E-state index contributed by atoms with van der Waals surface area (Å²) >= 11 is 0. The van der Waals surface area contributed by atoms with Crippen LogP contribution in [-0.4, -0.2) is 17.2 Å². The molecule has 1 N–H and O–H groups in total. The normalized spacial score (nSPS) is 11.8. The molecule has 0 aromatic heterocycles. The molecule has 0 heterocycles. The van der Waals surface area contributed by atoms with Crippen LogP contribution in [0.25, 0.3) is 10.8 Å². The van der Waals surface area contributed by atoms with Gasteiger partial charge in [-0.1, -0.05) is 126 Å². The molecule has 8 heteroatoms.